The summed E-state index contributed by atoms with van der Waals surface area (Å²) in [7, 11) is 3.18. The molecule has 0 fully saturated rings. The second-order valence-electron chi connectivity index (χ2n) is 4.17. The summed E-state index contributed by atoms with van der Waals surface area (Å²) < 4.78 is 10.5. The van der Waals surface area contributed by atoms with E-state index in [4.69, 9.17) is 9.47 Å². The minimum Gasteiger partial charge on any atom is -0.493 e. The summed E-state index contributed by atoms with van der Waals surface area (Å²) in [6, 6.07) is 5.50. The van der Waals surface area contributed by atoms with Crippen molar-refractivity contribution in [2.24, 2.45) is 0 Å². The summed E-state index contributed by atoms with van der Waals surface area (Å²) in [6.07, 6.45) is 4.84. The van der Waals surface area contributed by atoms with E-state index in [1.807, 2.05) is 18.2 Å². The molecule has 3 rings (SSSR count). The van der Waals surface area contributed by atoms with E-state index in [2.05, 4.69) is 25.1 Å². The lowest BCUT2D eigenvalue weighted by Crippen LogP contribution is -1.91. The zero-order valence-electron chi connectivity index (χ0n) is 11.6. The van der Waals surface area contributed by atoms with Gasteiger partial charge in [-0.25, -0.2) is 9.97 Å². The van der Waals surface area contributed by atoms with E-state index >= 15 is 0 Å². The van der Waals surface area contributed by atoms with Gasteiger partial charge in [0.15, 0.2) is 23.1 Å². The summed E-state index contributed by atoms with van der Waals surface area (Å²) in [5.74, 6) is 2.40. The molecule has 106 valence electrons. The van der Waals surface area contributed by atoms with Crippen molar-refractivity contribution >= 4 is 0 Å². The number of ether oxygens (including phenoxy) is 2. The first kappa shape index (κ1) is 13.0. The fourth-order valence-electron chi connectivity index (χ4n) is 1.90. The lowest BCUT2D eigenvalue weighted by atomic mass is 10.2. The SMILES string of the molecule is COc1ccc(-c2n[nH]c(-c3cnccn3)n2)cc1OC. The van der Waals surface area contributed by atoms with Crippen molar-refractivity contribution in [2.45, 2.75) is 0 Å². The molecule has 0 bridgehead atoms. The molecule has 1 N–H and O–H groups in total. The maximum Gasteiger partial charge on any atom is 0.181 e. The molecular weight excluding hydrogens is 270 g/mol. The highest BCUT2D eigenvalue weighted by atomic mass is 16.5. The molecule has 2 aromatic heterocycles. The van der Waals surface area contributed by atoms with Crippen molar-refractivity contribution < 1.29 is 9.47 Å². The molecule has 2 heterocycles. The van der Waals surface area contributed by atoms with Crippen molar-refractivity contribution in [3.63, 3.8) is 0 Å². The van der Waals surface area contributed by atoms with Gasteiger partial charge in [-0.15, -0.1) is 0 Å². The molecule has 21 heavy (non-hydrogen) atoms. The van der Waals surface area contributed by atoms with E-state index in [1.54, 1.807) is 32.8 Å². The van der Waals surface area contributed by atoms with Gasteiger partial charge in [0.2, 0.25) is 0 Å². The maximum absolute atomic E-state index is 5.28. The second-order valence-corrected chi connectivity index (χ2v) is 4.17. The standard InChI is InChI=1S/C14H13N5O2/c1-20-11-4-3-9(7-12(11)21-2)13-17-14(19-18-13)10-8-15-5-6-16-10/h3-8H,1-2H3,(H,17,18,19). The molecule has 0 unspecified atom stereocenters. The molecule has 7 heteroatoms. The van der Waals surface area contributed by atoms with Gasteiger partial charge in [-0.05, 0) is 18.2 Å². The third-order valence-electron chi connectivity index (χ3n) is 2.93. The Morgan fingerprint density at radius 3 is 2.62 bits per heavy atom. The quantitative estimate of drug-likeness (QED) is 0.787. The average molecular weight is 283 g/mol. The Bertz CT molecular complexity index is 742. The molecule has 0 amide bonds. The van der Waals surface area contributed by atoms with E-state index in [1.165, 1.54) is 0 Å². The van der Waals surface area contributed by atoms with Gasteiger partial charge in [0.25, 0.3) is 0 Å². The van der Waals surface area contributed by atoms with Crippen molar-refractivity contribution in [2.75, 3.05) is 14.2 Å². The van der Waals surface area contributed by atoms with Crippen molar-refractivity contribution in [3.8, 4) is 34.4 Å². The lowest BCUT2D eigenvalue weighted by molar-refractivity contribution is 0.355. The molecule has 0 aliphatic heterocycles. The molecule has 7 nitrogen and oxygen atoms in total. The van der Waals surface area contributed by atoms with Crippen LogP contribution >= 0.6 is 0 Å². The Balaban J connectivity index is 1.97. The number of nitrogens with one attached hydrogen (secondary N) is 1. The largest absolute Gasteiger partial charge is 0.493 e. The van der Waals surface area contributed by atoms with Crippen LogP contribution < -0.4 is 9.47 Å². The highest BCUT2D eigenvalue weighted by Crippen LogP contribution is 2.31. The number of H-pyrrole nitrogens is 1. The van der Waals surface area contributed by atoms with E-state index in [9.17, 15) is 0 Å². The summed E-state index contributed by atoms with van der Waals surface area (Å²) in [6.45, 7) is 0. The van der Waals surface area contributed by atoms with Crippen LogP contribution in [0.5, 0.6) is 11.5 Å². The molecule has 0 atom stereocenters. The van der Waals surface area contributed by atoms with Gasteiger partial charge in [-0.1, -0.05) is 0 Å². The Morgan fingerprint density at radius 1 is 1.05 bits per heavy atom. The average Bonchev–Trinajstić information content (AvgIpc) is 3.05. The van der Waals surface area contributed by atoms with Crippen molar-refractivity contribution in [3.05, 3.63) is 36.8 Å². The molecular formula is C14H13N5O2. The minimum absolute atomic E-state index is 0.552. The first-order chi connectivity index (χ1) is 10.3. The molecule has 0 aliphatic carbocycles. The highest BCUT2D eigenvalue weighted by Gasteiger charge is 2.11. The number of methoxy groups -OCH3 is 2. The number of nitrogens with zero attached hydrogens (tertiary/aromatic N) is 4. The van der Waals surface area contributed by atoms with Crippen LogP contribution in [0.2, 0.25) is 0 Å². The van der Waals surface area contributed by atoms with Crippen LogP contribution in [-0.4, -0.2) is 39.4 Å². The Hall–Kier alpha value is -2.96. The van der Waals surface area contributed by atoms with Gasteiger partial charge in [0, 0.05) is 18.0 Å². The van der Waals surface area contributed by atoms with Crippen molar-refractivity contribution in [1.29, 1.82) is 0 Å². The van der Waals surface area contributed by atoms with Gasteiger partial charge in [-0.3, -0.25) is 10.1 Å². The molecule has 3 aromatic rings. The van der Waals surface area contributed by atoms with Crippen LogP contribution in [0.15, 0.2) is 36.8 Å². The first-order valence-electron chi connectivity index (χ1n) is 6.23. The van der Waals surface area contributed by atoms with E-state index in [0.29, 0.717) is 28.8 Å². The number of rotatable bonds is 4. The van der Waals surface area contributed by atoms with Crippen LogP contribution in [0.1, 0.15) is 0 Å². The molecule has 1 aromatic carbocycles. The molecule has 0 radical (unpaired) electrons. The minimum atomic E-state index is 0.552. The van der Waals surface area contributed by atoms with E-state index in [0.717, 1.165) is 5.56 Å². The number of hydrogen-bond acceptors (Lipinski definition) is 6. The smallest absolute Gasteiger partial charge is 0.181 e. The molecule has 0 aliphatic rings. The summed E-state index contributed by atoms with van der Waals surface area (Å²) in [4.78, 5) is 12.6. The summed E-state index contributed by atoms with van der Waals surface area (Å²) >= 11 is 0. The zero-order chi connectivity index (χ0) is 14.7. The predicted molar refractivity (Wildman–Crippen MR) is 75.9 cm³/mol. The second kappa shape index (κ2) is 5.58. The van der Waals surface area contributed by atoms with E-state index < -0.39 is 0 Å². The number of aromatic nitrogens is 5. The third kappa shape index (κ3) is 2.53. The fraction of sp³-hybridized carbons (Fsp3) is 0.143. The summed E-state index contributed by atoms with van der Waals surface area (Å²) in [5.41, 5.74) is 1.45. The van der Waals surface area contributed by atoms with Crippen LogP contribution in [0.4, 0.5) is 0 Å². The lowest BCUT2D eigenvalue weighted by Gasteiger charge is -2.07. The number of benzene rings is 1. The molecule has 0 saturated heterocycles. The van der Waals surface area contributed by atoms with Gasteiger partial charge in [0.05, 0.1) is 20.4 Å². The predicted octanol–water partition coefficient (Wildman–Crippen LogP) is 1.95. The van der Waals surface area contributed by atoms with Crippen LogP contribution in [0, 0.1) is 0 Å². The Kier molecular flexibility index (Phi) is 3.46. The summed E-state index contributed by atoms with van der Waals surface area (Å²) in [5, 5.41) is 7.04. The highest BCUT2D eigenvalue weighted by molar-refractivity contribution is 5.63. The maximum atomic E-state index is 5.28. The Morgan fingerprint density at radius 2 is 1.90 bits per heavy atom. The van der Waals surface area contributed by atoms with Gasteiger partial charge in [-0.2, -0.15) is 5.10 Å². The first-order valence-corrected chi connectivity index (χ1v) is 6.23. The third-order valence-corrected chi connectivity index (χ3v) is 2.93. The van der Waals surface area contributed by atoms with Gasteiger partial charge < -0.3 is 9.47 Å². The number of hydrogen-bond donors (Lipinski definition) is 1. The van der Waals surface area contributed by atoms with Crippen LogP contribution in [0.3, 0.4) is 0 Å². The monoisotopic (exact) mass is 283 g/mol. The topological polar surface area (TPSA) is 85.8 Å². The van der Waals surface area contributed by atoms with Gasteiger partial charge >= 0.3 is 0 Å². The fourth-order valence-corrected chi connectivity index (χ4v) is 1.90. The van der Waals surface area contributed by atoms with Gasteiger partial charge in [0.1, 0.15) is 5.69 Å². The Labute approximate surface area is 121 Å². The zero-order valence-corrected chi connectivity index (χ0v) is 11.6. The van der Waals surface area contributed by atoms with Crippen molar-refractivity contribution in [1.82, 2.24) is 25.1 Å². The van der Waals surface area contributed by atoms with Crippen LogP contribution in [0.25, 0.3) is 22.9 Å². The normalized spacial score (nSPS) is 10.4. The van der Waals surface area contributed by atoms with E-state index in [-0.39, 0.29) is 0 Å². The molecule has 0 saturated carbocycles. The number of aromatic amines is 1. The van der Waals surface area contributed by atoms with Crippen LogP contribution in [-0.2, 0) is 0 Å². The molecule has 0 spiro atoms.